The number of hydrogen-bond acceptors (Lipinski definition) is 2. The maximum Gasteiger partial charge on any atom is 0.111 e. The molecule has 2 N–H and O–H groups in total. The van der Waals surface area contributed by atoms with Crippen LogP contribution in [0, 0.1) is 0 Å². The van der Waals surface area contributed by atoms with E-state index in [0.29, 0.717) is 0 Å². The van der Waals surface area contributed by atoms with Gasteiger partial charge in [-0.05, 0) is 0 Å². The Balaban J connectivity index is 3.30. The Morgan fingerprint density at radius 1 is 1.67 bits per heavy atom. The third kappa shape index (κ3) is 3.08. The van der Waals surface area contributed by atoms with Crippen molar-refractivity contribution in [2.24, 2.45) is 0 Å². The molecule has 0 atom stereocenters. The molecule has 6 heavy (non-hydrogen) atoms. The first-order valence-electron chi connectivity index (χ1n) is 1.46. The summed E-state index contributed by atoms with van der Waals surface area (Å²) in [6, 6.07) is 0. The van der Waals surface area contributed by atoms with Gasteiger partial charge in [0.2, 0.25) is 0 Å². The summed E-state index contributed by atoms with van der Waals surface area (Å²) in [5.41, 5.74) is 0. The molecule has 0 unspecified atom stereocenters. The second kappa shape index (κ2) is 2.33. The molecule has 0 amide bonds. The third-order valence-corrected chi connectivity index (χ3v) is 0.267. The fourth-order valence-corrected chi connectivity index (χ4v) is 0.0860. The molecule has 0 fully saturated rings. The monoisotopic (exact) mass is 86.0 g/mol. The van der Waals surface area contributed by atoms with Gasteiger partial charge in [-0.1, -0.05) is 6.58 Å². The fraction of sp³-hybridized carbons (Fsp3) is 0. The van der Waals surface area contributed by atoms with Crippen molar-refractivity contribution in [1.82, 2.24) is 0 Å². The standard InChI is InChI=1S/C4H6O2/c1-4(6)2-3-5/h2-3,5-6H,1H2. The van der Waals surface area contributed by atoms with E-state index in [1.807, 2.05) is 0 Å². The van der Waals surface area contributed by atoms with E-state index in [4.69, 9.17) is 10.2 Å². The zero-order chi connectivity index (χ0) is 4.99. The van der Waals surface area contributed by atoms with E-state index in [1.54, 1.807) is 0 Å². The first-order chi connectivity index (χ1) is 2.77. The number of hydrogen-bond donors (Lipinski definition) is 2. The average Bonchev–Trinajstić information content (AvgIpc) is 1.35. The average molecular weight is 86.1 g/mol. The largest absolute Gasteiger partial charge is 0.515 e. The predicted molar refractivity (Wildman–Crippen MR) is 23.5 cm³/mol. The van der Waals surface area contributed by atoms with Gasteiger partial charge in [0, 0.05) is 6.08 Å². The third-order valence-electron chi connectivity index (χ3n) is 0.267. The molecule has 0 aliphatic rings. The zero-order valence-corrected chi connectivity index (χ0v) is 3.26. The summed E-state index contributed by atoms with van der Waals surface area (Å²) in [6.45, 7) is 3.05. The van der Waals surface area contributed by atoms with Gasteiger partial charge in [0.1, 0.15) is 5.76 Å². The van der Waals surface area contributed by atoms with Gasteiger partial charge in [0.05, 0.1) is 6.26 Å². The summed E-state index contributed by atoms with van der Waals surface area (Å²) in [6.07, 6.45) is 1.81. The number of allylic oxidation sites excluding steroid dienone is 1. The van der Waals surface area contributed by atoms with Crippen molar-refractivity contribution in [3.8, 4) is 0 Å². The molecule has 0 rings (SSSR count). The van der Waals surface area contributed by atoms with Gasteiger partial charge in [-0.3, -0.25) is 0 Å². The van der Waals surface area contributed by atoms with Crippen molar-refractivity contribution in [3.05, 3.63) is 24.7 Å². The smallest absolute Gasteiger partial charge is 0.111 e. The van der Waals surface area contributed by atoms with Crippen molar-refractivity contribution >= 4 is 0 Å². The SMILES string of the molecule is C=C(O)C=CO. The lowest BCUT2D eigenvalue weighted by molar-refractivity contribution is 0.423. The van der Waals surface area contributed by atoms with Crippen LogP contribution in [-0.2, 0) is 0 Å². The minimum atomic E-state index is -0.141. The Morgan fingerprint density at radius 3 is 2.17 bits per heavy atom. The van der Waals surface area contributed by atoms with Gasteiger partial charge in [-0.25, -0.2) is 0 Å². The maximum absolute atomic E-state index is 8.11. The topological polar surface area (TPSA) is 40.5 Å². The van der Waals surface area contributed by atoms with Gasteiger partial charge in [-0.2, -0.15) is 0 Å². The Morgan fingerprint density at radius 2 is 2.17 bits per heavy atom. The second-order valence-electron chi connectivity index (χ2n) is 0.807. The molecular formula is C4H6O2. The van der Waals surface area contributed by atoms with Gasteiger partial charge < -0.3 is 10.2 Å². The quantitative estimate of drug-likeness (QED) is 0.371. The summed E-state index contributed by atoms with van der Waals surface area (Å²) < 4.78 is 0. The lowest BCUT2D eigenvalue weighted by Gasteiger charge is -1.76. The molecule has 0 heterocycles. The van der Waals surface area contributed by atoms with Crippen LogP contribution in [0.25, 0.3) is 0 Å². The Labute approximate surface area is 36.0 Å². The summed E-state index contributed by atoms with van der Waals surface area (Å²) in [5.74, 6) is -0.141. The summed E-state index contributed by atoms with van der Waals surface area (Å²) in [7, 11) is 0. The molecule has 0 saturated carbocycles. The molecule has 0 aromatic carbocycles. The van der Waals surface area contributed by atoms with E-state index < -0.39 is 0 Å². The van der Waals surface area contributed by atoms with Gasteiger partial charge in [0.25, 0.3) is 0 Å². The maximum atomic E-state index is 8.11. The Hall–Kier alpha value is -0.920. The van der Waals surface area contributed by atoms with Crippen molar-refractivity contribution in [1.29, 1.82) is 0 Å². The van der Waals surface area contributed by atoms with Gasteiger partial charge in [0.15, 0.2) is 0 Å². The number of rotatable bonds is 1. The summed E-state index contributed by atoms with van der Waals surface area (Å²) >= 11 is 0. The van der Waals surface area contributed by atoms with E-state index in [9.17, 15) is 0 Å². The molecule has 0 radical (unpaired) electrons. The van der Waals surface area contributed by atoms with E-state index in [1.165, 1.54) is 0 Å². The van der Waals surface area contributed by atoms with Gasteiger partial charge >= 0.3 is 0 Å². The van der Waals surface area contributed by atoms with Crippen LogP contribution in [-0.4, -0.2) is 10.2 Å². The van der Waals surface area contributed by atoms with Crippen LogP contribution in [0.5, 0.6) is 0 Å². The van der Waals surface area contributed by atoms with Crippen molar-refractivity contribution in [2.45, 2.75) is 0 Å². The van der Waals surface area contributed by atoms with Crippen LogP contribution in [0.1, 0.15) is 0 Å². The van der Waals surface area contributed by atoms with E-state index in [-0.39, 0.29) is 5.76 Å². The second-order valence-corrected chi connectivity index (χ2v) is 0.807. The highest BCUT2D eigenvalue weighted by Gasteiger charge is 1.68. The van der Waals surface area contributed by atoms with Crippen molar-refractivity contribution in [3.63, 3.8) is 0 Å². The molecule has 0 aromatic rings. The lowest BCUT2D eigenvalue weighted by atomic mass is 10.6. The van der Waals surface area contributed by atoms with E-state index in [2.05, 4.69) is 6.58 Å². The van der Waals surface area contributed by atoms with E-state index in [0.717, 1.165) is 12.3 Å². The lowest BCUT2D eigenvalue weighted by Crippen LogP contribution is -1.63. The van der Waals surface area contributed by atoms with Gasteiger partial charge in [-0.15, -0.1) is 0 Å². The van der Waals surface area contributed by atoms with E-state index >= 15 is 0 Å². The number of aliphatic hydroxyl groups is 2. The van der Waals surface area contributed by atoms with Crippen molar-refractivity contribution in [2.75, 3.05) is 0 Å². The normalized spacial score (nSPS) is 9.33. The summed E-state index contributed by atoms with van der Waals surface area (Å²) in [4.78, 5) is 0. The molecule has 2 nitrogen and oxygen atoms in total. The Bertz CT molecular complexity index is 73.6. The Kier molecular flexibility index (Phi) is 1.97. The minimum absolute atomic E-state index is 0.141. The molecule has 0 saturated heterocycles. The molecule has 0 aliphatic heterocycles. The molecule has 0 aromatic heterocycles. The molecular weight excluding hydrogens is 80.0 g/mol. The van der Waals surface area contributed by atoms with Crippen LogP contribution in [0.15, 0.2) is 24.7 Å². The summed E-state index contributed by atoms with van der Waals surface area (Å²) in [5, 5.41) is 15.9. The number of aliphatic hydroxyl groups excluding tert-OH is 2. The highest BCUT2D eigenvalue weighted by atomic mass is 16.3. The first kappa shape index (κ1) is 5.08. The minimum Gasteiger partial charge on any atom is -0.515 e. The van der Waals surface area contributed by atoms with Crippen LogP contribution in [0.3, 0.4) is 0 Å². The molecule has 0 aliphatic carbocycles. The highest BCUT2D eigenvalue weighted by Crippen LogP contribution is 1.79. The van der Waals surface area contributed by atoms with Crippen LogP contribution in [0.2, 0.25) is 0 Å². The molecule has 34 valence electrons. The molecule has 0 bridgehead atoms. The van der Waals surface area contributed by atoms with Crippen molar-refractivity contribution < 1.29 is 10.2 Å². The first-order valence-corrected chi connectivity index (χ1v) is 1.46. The zero-order valence-electron chi connectivity index (χ0n) is 3.26. The fourth-order valence-electron chi connectivity index (χ4n) is 0.0860. The molecule has 0 spiro atoms. The predicted octanol–water partition coefficient (Wildman–Crippen LogP) is 1.13. The molecule has 2 heteroatoms. The highest BCUT2D eigenvalue weighted by molar-refractivity contribution is 5.01. The van der Waals surface area contributed by atoms with Crippen LogP contribution in [0.4, 0.5) is 0 Å². The van der Waals surface area contributed by atoms with Crippen LogP contribution >= 0.6 is 0 Å². The van der Waals surface area contributed by atoms with Crippen LogP contribution < -0.4 is 0 Å².